The second-order valence-electron chi connectivity index (χ2n) is 7.41. The molecule has 1 fully saturated rings. The first-order chi connectivity index (χ1) is 15.2. The van der Waals surface area contributed by atoms with Crippen molar-refractivity contribution in [2.45, 2.75) is 30.1 Å². The molecule has 1 aromatic heterocycles. The Bertz CT molecular complexity index is 1160. The van der Waals surface area contributed by atoms with Gasteiger partial charge in [-0.15, -0.1) is 0 Å². The highest BCUT2D eigenvalue weighted by Crippen LogP contribution is 2.37. The smallest absolute Gasteiger partial charge is 0.234 e. The second-order valence-corrected chi connectivity index (χ2v) is 7.41. The van der Waals surface area contributed by atoms with Crippen LogP contribution in [0.3, 0.4) is 0 Å². The van der Waals surface area contributed by atoms with Crippen molar-refractivity contribution >= 4 is 11.0 Å². The first-order valence-corrected chi connectivity index (χ1v) is 9.66. The molecule has 170 valence electrons. The molecule has 5 atom stereocenters. The molecule has 0 saturated carbocycles. The lowest BCUT2D eigenvalue weighted by Gasteiger charge is -2.49. The summed E-state index contributed by atoms with van der Waals surface area (Å²) < 4.78 is 21.0. The zero-order chi connectivity index (χ0) is 23.1. The molecule has 0 amide bonds. The van der Waals surface area contributed by atoms with Crippen LogP contribution in [0.5, 0.6) is 5.75 Å². The Hall–Kier alpha value is -2.83. The van der Waals surface area contributed by atoms with Crippen molar-refractivity contribution in [3.63, 3.8) is 0 Å². The summed E-state index contributed by atoms with van der Waals surface area (Å²) >= 11 is 0. The maximum Gasteiger partial charge on any atom is 0.234 e. The highest BCUT2D eigenvalue weighted by Gasteiger charge is 2.63. The molecule has 2 aromatic carbocycles. The number of benzene rings is 2. The molecule has 10 heteroatoms. The summed E-state index contributed by atoms with van der Waals surface area (Å²) in [6, 6.07) is 13.2. The van der Waals surface area contributed by atoms with E-state index in [2.05, 4.69) is 0 Å². The predicted molar refractivity (Wildman–Crippen MR) is 109 cm³/mol. The molecule has 0 aliphatic carbocycles. The molecule has 3 aromatic rings. The lowest BCUT2D eigenvalue weighted by Crippen LogP contribution is -2.74. The Balaban J connectivity index is 1.66. The average Bonchev–Trinajstić information content (AvgIpc) is 2.82. The molecule has 1 aliphatic heterocycles. The highest BCUT2D eigenvalue weighted by atomic mass is 16.8. The third-order valence-corrected chi connectivity index (χ3v) is 5.46. The zero-order valence-corrected chi connectivity index (χ0v) is 16.9. The van der Waals surface area contributed by atoms with Gasteiger partial charge in [0.1, 0.15) is 24.2 Å². The molecule has 32 heavy (non-hydrogen) atoms. The minimum absolute atomic E-state index is 0.0484. The molecule has 0 radical (unpaired) electrons. The van der Waals surface area contributed by atoms with E-state index in [9.17, 15) is 30.3 Å². The Morgan fingerprint density at radius 2 is 1.81 bits per heavy atom. The lowest BCUT2D eigenvalue weighted by molar-refractivity contribution is -0.449. The van der Waals surface area contributed by atoms with Crippen molar-refractivity contribution in [3.05, 3.63) is 65.0 Å². The number of hydrogen-bond acceptors (Lipinski definition) is 10. The maximum atomic E-state index is 12.9. The fourth-order valence-corrected chi connectivity index (χ4v) is 3.59. The fraction of sp³-hybridized carbons (Fsp3) is 0.318. The highest BCUT2D eigenvalue weighted by molar-refractivity contribution is 5.82. The normalized spacial score (nSPS) is 30.4. The molecule has 1 aliphatic rings. The van der Waals surface area contributed by atoms with E-state index in [1.54, 1.807) is 24.3 Å². The number of ether oxygens (including phenoxy) is 3. The van der Waals surface area contributed by atoms with Crippen LogP contribution in [0.15, 0.2) is 64.0 Å². The summed E-state index contributed by atoms with van der Waals surface area (Å²) in [6.45, 7) is -1.12. The van der Waals surface area contributed by atoms with E-state index in [0.29, 0.717) is 11.1 Å². The minimum atomic E-state index is -2.70. The van der Waals surface area contributed by atoms with Crippen molar-refractivity contribution in [2.75, 3.05) is 13.7 Å². The third-order valence-electron chi connectivity index (χ3n) is 5.46. The van der Waals surface area contributed by atoms with Gasteiger partial charge in [0.15, 0.2) is 17.6 Å². The number of hydrogen-bond donors (Lipinski definition) is 5. The van der Waals surface area contributed by atoms with Crippen LogP contribution >= 0.6 is 0 Å². The van der Waals surface area contributed by atoms with Crippen LogP contribution in [0, 0.1) is 0 Å². The van der Waals surface area contributed by atoms with Crippen LogP contribution in [0.25, 0.3) is 22.1 Å². The number of aliphatic hydroxyl groups is 5. The van der Waals surface area contributed by atoms with Gasteiger partial charge in [-0.25, -0.2) is 0 Å². The fourth-order valence-electron chi connectivity index (χ4n) is 3.59. The monoisotopic (exact) mass is 446 g/mol. The predicted octanol–water partition coefficient (Wildman–Crippen LogP) is -0.0672. The van der Waals surface area contributed by atoms with E-state index >= 15 is 0 Å². The lowest BCUT2D eigenvalue weighted by atomic mass is 9.92. The van der Waals surface area contributed by atoms with Gasteiger partial charge in [0.25, 0.3) is 0 Å². The van der Waals surface area contributed by atoms with Crippen LogP contribution in [0.4, 0.5) is 0 Å². The van der Waals surface area contributed by atoms with Crippen molar-refractivity contribution < 1.29 is 44.2 Å². The van der Waals surface area contributed by atoms with Crippen molar-refractivity contribution in [1.82, 2.24) is 0 Å². The summed E-state index contributed by atoms with van der Waals surface area (Å²) in [6.07, 6.45) is -4.61. The van der Waals surface area contributed by atoms with Crippen molar-refractivity contribution in [3.8, 4) is 16.9 Å². The van der Waals surface area contributed by atoms with Gasteiger partial charge in [-0.3, -0.25) is 4.79 Å². The SMILES string of the molecule is CO[C@@]1(O)[C@@H](O)C(Oc2ccc3c(=O)c(-c4ccccc4)coc3c2)O[C@](O)(CO)[C@H]1O. The quantitative estimate of drug-likeness (QED) is 0.336. The van der Waals surface area contributed by atoms with Crippen LogP contribution in [0.2, 0.25) is 0 Å². The average molecular weight is 446 g/mol. The summed E-state index contributed by atoms with van der Waals surface area (Å²) in [5.41, 5.74) is 0.995. The first kappa shape index (κ1) is 22.4. The Labute approximate surface area is 181 Å². The number of fused-ring (bicyclic) bond motifs is 1. The number of methoxy groups -OCH3 is 1. The molecule has 0 bridgehead atoms. The standard InChI is InChI=1S/C22H22O10/c1-29-22(28)18(25)19(32-21(27,11-23)20(22)26)31-13-7-8-14-16(9-13)30-10-15(17(14)24)12-5-3-2-4-6-12/h2-10,18-20,23,25-28H,11H2,1H3/t18-,19?,20+,21+,22-/m0/s1. The van der Waals surface area contributed by atoms with Gasteiger partial charge >= 0.3 is 0 Å². The molecular formula is C22H22O10. The van der Waals surface area contributed by atoms with Gasteiger partial charge in [0.05, 0.1) is 10.9 Å². The summed E-state index contributed by atoms with van der Waals surface area (Å²) in [7, 11) is 0.988. The van der Waals surface area contributed by atoms with Crippen molar-refractivity contribution in [1.29, 1.82) is 0 Å². The molecule has 4 rings (SSSR count). The van der Waals surface area contributed by atoms with Gasteiger partial charge in [-0.1, -0.05) is 30.3 Å². The van der Waals surface area contributed by atoms with E-state index in [1.165, 1.54) is 24.5 Å². The summed E-state index contributed by atoms with van der Waals surface area (Å²) in [5, 5.41) is 51.0. The molecule has 10 nitrogen and oxygen atoms in total. The van der Waals surface area contributed by atoms with E-state index in [4.69, 9.17) is 18.6 Å². The van der Waals surface area contributed by atoms with Crippen molar-refractivity contribution in [2.24, 2.45) is 0 Å². The van der Waals surface area contributed by atoms with E-state index in [-0.39, 0.29) is 22.1 Å². The molecular weight excluding hydrogens is 424 g/mol. The molecule has 0 spiro atoms. The maximum absolute atomic E-state index is 12.9. The van der Waals surface area contributed by atoms with Gasteiger partial charge in [0.2, 0.25) is 17.9 Å². The Morgan fingerprint density at radius 3 is 2.47 bits per heavy atom. The molecule has 5 N–H and O–H groups in total. The van der Waals surface area contributed by atoms with Gasteiger partial charge < -0.3 is 44.2 Å². The molecule has 1 unspecified atom stereocenters. The first-order valence-electron chi connectivity index (χ1n) is 9.66. The van der Waals surface area contributed by atoms with E-state index in [0.717, 1.165) is 7.11 Å². The molecule has 2 heterocycles. The van der Waals surface area contributed by atoms with Crippen LogP contribution in [-0.2, 0) is 9.47 Å². The topological polar surface area (TPSA) is 159 Å². The van der Waals surface area contributed by atoms with Crippen LogP contribution < -0.4 is 10.2 Å². The van der Waals surface area contributed by atoms with Gasteiger partial charge in [-0.05, 0) is 17.7 Å². The largest absolute Gasteiger partial charge is 0.463 e. The summed E-state index contributed by atoms with van der Waals surface area (Å²) in [5.74, 6) is -5.33. The zero-order valence-electron chi connectivity index (χ0n) is 16.9. The van der Waals surface area contributed by atoms with Crippen LogP contribution in [0.1, 0.15) is 0 Å². The van der Waals surface area contributed by atoms with E-state index < -0.39 is 36.7 Å². The third kappa shape index (κ3) is 3.57. The van der Waals surface area contributed by atoms with Crippen LogP contribution in [-0.4, -0.2) is 69.3 Å². The van der Waals surface area contributed by atoms with Gasteiger partial charge in [-0.2, -0.15) is 0 Å². The minimum Gasteiger partial charge on any atom is -0.463 e. The Morgan fingerprint density at radius 1 is 1.09 bits per heavy atom. The van der Waals surface area contributed by atoms with Gasteiger partial charge in [0, 0.05) is 13.2 Å². The number of aliphatic hydroxyl groups excluding tert-OH is 3. The van der Waals surface area contributed by atoms with E-state index in [1.807, 2.05) is 6.07 Å². The summed E-state index contributed by atoms with van der Waals surface area (Å²) in [4.78, 5) is 12.9. The second kappa shape index (κ2) is 8.26. The Kier molecular flexibility index (Phi) is 5.77. The number of rotatable bonds is 5. The molecule has 1 saturated heterocycles.